The van der Waals surface area contributed by atoms with Crippen LogP contribution in [0.4, 0.5) is 13.2 Å². The predicted molar refractivity (Wildman–Crippen MR) is 97.7 cm³/mol. The third kappa shape index (κ3) is 3.49. The van der Waals surface area contributed by atoms with E-state index in [1.807, 2.05) is 0 Å². The molecule has 0 saturated carbocycles. The Labute approximate surface area is 162 Å². The zero-order chi connectivity index (χ0) is 20.5. The smallest absolute Gasteiger partial charge is 0.347 e. The van der Waals surface area contributed by atoms with E-state index in [-0.39, 0.29) is 42.4 Å². The van der Waals surface area contributed by atoms with Gasteiger partial charge in [0, 0.05) is 24.1 Å². The molecule has 3 N–H and O–H groups in total. The van der Waals surface area contributed by atoms with Crippen LogP contribution in [0.3, 0.4) is 0 Å². The van der Waals surface area contributed by atoms with Crippen LogP contribution in [0.15, 0.2) is 52.8 Å². The van der Waals surface area contributed by atoms with Crippen molar-refractivity contribution in [3.63, 3.8) is 0 Å². The molecule has 4 rings (SSSR count). The van der Waals surface area contributed by atoms with Gasteiger partial charge in [0.2, 0.25) is 6.79 Å². The van der Waals surface area contributed by atoms with E-state index in [4.69, 9.17) is 15.2 Å². The fourth-order valence-corrected chi connectivity index (χ4v) is 3.06. The summed E-state index contributed by atoms with van der Waals surface area (Å²) in [5.41, 5.74) is 5.28. The molecule has 29 heavy (non-hydrogen) atoms. The largest absolute Gasteiger partial charge is 0.454 e. The van der Waals surface area contributed by atoms with Gasteiger partial charge in [0.05, 0.1) is 5.69 Å². The van der Waals surface area contributed by atoms with Crippen LogP contribution in [-0.2, 0) is 6.42 Å². The highest BCUT2D eigenvalue weighted by Crippen LogP contribution is 2.36. The second-order valence-electron chi connectivity index (χ2n) is 6.26. The average Bonchev–Trinajstić information content (AvgIpc) is 3.31. The number of nitrogens with two attached hydrogens (primary N) is 1. The molecule has 10 heteroatoms. The fourth-order valence-electron chi connectivity index (χ4n) is 3.06. The van der Waals surface area contributed by atoms with Gasteiger partial charge in [-0.3, -0.25) is 0 Å². The summed E-state index contributed by atoms with van der Waals surface area (Å²) in [6.07, 6.45) is -2.28. The number of hydrogen-bond acceptors (Lipinski definition) is 5. The van der Waals surface area contributed by atoms with Gasteiger partial charge in [-0.25, -0.2) is 18.9 Å². The molecule has 0 radical (unpaired) electrons. The van der Waals surface area contributed by atoms with E-state index >= 15 is 0 Å². The van der Waals surface area contributed by atoms with Gasteiger partial charge < -0.3 is 15.2 Å². The summed E-state index contributed by atoms with van der Waals surface area (Å²) in [5, 5.41) is 5.96. The Morgan fingerprint density at radius 1 is 1.17 bits per heavy atom. The van der Waals surface area contributed by atoms with Gasteiger partial charge in [-0.15, -0.1) is 0 Å². The zero-order valence-electron chi connectivity index (χ0n) is 14.9. The normalized spacial score (nSPS) is 12.3. The van der Waals surface area contributed by atoms with Gasteiger partial charge in [-0.05, 0) is 35.9 Å². The highest BCUT2D eigenvalue weighted by Gasteiger charge is 2.18. The predicted octanol–water partition coefficient (Wildman–Crippen LogP) is 2.75. The standard InChI is InChI=1S/C19H15F3N4O3/c20-14-7-12(26-17(24-25-19(26)27)6-11(8-23)18(21)22)2-3-13(14)10-1-4-15-16(5-10)29-9-28-15/h1-5,7H,6,8-9,23H2,(H,25,27). The molecule has 0 aliphatic carbocycles. The molecule has 150 valence electrons. The molecule has 1 aromatic heterocycles. The Morgan fingerprint density at radius 3 is 2.69 bits per heavy atom. The van der Waals surface area contributed by atoms with Crippen LogP contribution in [0.5, 0.6) is 11.5 Å². The number of H-pyrrole nitrogens is 1. The number of nitrogens with one attached hydrogen (secondary N) is 1. The summed E-state index contributed by atoms with van der Waals surface area (Å²) >= 11 is 0. The number of aromatic amines is 1. The minimum atomic E-state index is -1.93. The van der Waals surface area contributed by atoms with Crippen LogP contribution in [-0.4, -0.2) is 28.1 Å². The molecular formula is C19H15F3N4O3. The Balaban J connectivity index is 1.71. The highest BCUT2D eigenvalue weighted by atomic mass is 19.3. The van der Waals surface area contributed by atoms with E-state index in [0.29, 0.717) is 17.1 Å². The zero-order valence-corrected chi connectivity index (χ0v) is 14.9. The molecule has 1 aliphatic rings. The van der Waals surface area contributed by atoms with Crippen LogP contribution >= 0.6 is 0 Å². The van der Waals surface area contributed by atoms with Crippen LogP contribution in [0, 0.1) is 5.82 Å². The molecule has 2 aromatic carbocycles. The minimum absolute atomic E-state index is 0.00141. The van der Waals surface area contributed by atoms with E-state index in [2.05, 4.69) is 10.2 Å². The number of nitrogens with zero attached hydrogens (tertiary/aromatic N) is 2. The van der Waals surface area contributed by atoms with Crippen molar-refractivity contribution >= 4 is 0 Å². The van der Waals surface area contributed by atoms with Crippen LogP contribution in [0.2, 0.25) is 0 Å². The lowest BCUT2D eigenvalue weighted by Crippen LogP contribution is -2.18. The molecule has 0 amide bonds. The number of ether oxygens (including phenoxy) is 2. The van der Waals surface area contributed by atoms with Crippen molar-refractivity contribution in [2.45, 2.75) is 6.42 Å². The molecule has 3 aromatic rings. The maximum absolute atomic E-state index is 14.8. The Morgan fingerprint density at radius 2 is 1.97 bits per heavy atom. The van der Waals surface area contributed by atoms with Crippen LogP contribution in [0.25, 0.3) is 16.8 Å². The van der Waals surface area contributed by atoms with Crippen molar-refractivity contribution in [2.24, 2.45) is 5.73 Å². The number of fused-ring (bicyclic) bond motifs is 1. The first kappa shape index (κ1) is 18.8. The van der Waals surface area contributed by atoms with E-state index < -0.39 is 17.6 Å². The first-order valence-electron chi connectivity index (χ1n) is 8.57. The molecular weight excluding hydrogens is 389 g/mol. The van der Waals surface area contributed by atoms with Crippen LogP contribution < -0.4 is 20.9 Å². The average molecular weight is 404 g/mol. The summed E-state index contributed by atoms with van der Waals surface area (Å²) in [5.74, 6) is 0.475. The van der Waals surface area contributed by atoms with Gasteiger partial charge in [0.25, 0.3) is 6.08 Å². The van der Waals surface area contributed by atoms with Gasteiger partial charge >= 0.3 is 5.69 Å². The molecule has 0 saturated heterocycles. The summed E-state index contributed by atoms with van der Waals surface area (Å²) in [4.78, 5) is 12.1. The molecule has 0 spiro atoms. The van der Waals surface area contributed by atoms with E-state index in [0.717, 1.165) is 10.6 Å². The lowest BCUT2D eigenvalue weighted by atomic mass is 10.0. The number of rotatable bonds is 5. The minimum Gasteiger partial charge on any atom is -0.454 e. The van der Waals surface area contributed by atoms with Gasteiger partial charge in [0.1, 0.15) is 11.6 Å². The SMILES string of the molecule is NCC(Cc1n[nH]c(=O)n1-c1ccc(-c2ccc3c(c2)OCO3)c(F)c1)=C(F)F. The molecule has 1 aliphatic heterocycles. The topological polar surface area (TPSA) is 95.2 Å². The third-order valence-electron chi connectivity index (χ3n) is 4.52. The summed E-state index contributed by atoms with van der Waals surface area (Å²) in [6, 6.07) is 9.14. The number of benzene rings is 2. The van der Waals surface area contributed by atoms with E-state index in [9.17, 15) is 18.0 Å². The fraction of sp³-hybridized carbons (Fsp3) is 0.158. The van der Waals surface area contributed by atoms with Crippen LogP contribution in [0.1, 0.15) is 5.82 Å². The first-order chi connectivity index (χ1) is 14.0. The number of halogens is 3. The monoisotopic (exact) mass is 404 g/mol. The molecule has 0 fully saturated rings. The summed E-state index contributed by atoms with van der Waals surface area (Å²) < 4.78 is 52.3. The Kier molecular flexibility index (Phi) is 4.85. The number of aromatic nitrogens is 3. The van der Waals surface area contributed by atoms with Gasteiger partial charge in [-0.2, -0.15) is 13.9 Å². The van der Waals surface area contributed by atoms with Crippen molar-refractivity contribution in [3.8, 4) is 28.3 Å². The van der Waals surface area contributed by atoms with Crippen molar-refractivity contribution < 1.29 is 22.6 Å². The molecule has 0 unspecified atom stereocenters. The summed E-state index contributed by atoms with van der Waals surface area (Å²) in [6.45, 7) is -0.286. The highest BCUT2D eigenvalue weighted by molar-refractivity contribution is 5.69. The van der Waals surface area contributed by atoms with Gasteiger partial charge in [-0.1, -0.05) is 6.07 Å². The maximum atomic E-state index is 14.8. The molecule has 0 bridgehead atoms. The quantitative estimate of drug-likeness (QED) is 0.682. The van der Waals surface area contributed by atoms with Crippen molar-refractivity contribution in [3.05, 3.63) is 70.2 Å². The third-order valence-corrected chi connectivity index (χ3v) is 4.52. The Hall–Kier alpha value is -3.53. The van der Waals surface area contributed by atoms with Gasteiger partial charge in [0.15, 0.2) is 11.5 Å². The lowest BCUT2D eigenvalue weighted by molar-refractivity contribution is 0.174. The first-order valence-corrected chi connectivity index (χ1v) is 8.57. The second kappa shape index (κ2) is 7.47. The van der Waals surface area contributed by atoms with E-state index in [1.165, 1.54) is 12.1 Å². The second-order valence-corrected chi connectivity index (χ2v) is 6.26. The Bertz CT molecular complexity index is 1170. The van der Waals surface area contributed by atoms with Crippen molar-refractivity contribution in [2.75, 3.05) is 13.3 Å². The maximum Gasteiger partial charge on any atom is 0.347 e. The number of hydrogen-bond donors (Lipinski definition) is 2. The van der Waals surface area contributed by atoms with E-state index in [1.54, 1.807) is 18.2 Å². The molecule has 0 atom stereocenters. The molecule has 2 heterocycles. The van der Waals surface area contributed by atoms with Crippen molar-refractivity contribution in [1.82, 2.24) is 14.8 Å². The summed E-state index contributed by atoms with van der Waals surface area (Å²) in [7, 11) is 0. The lowest BCUT2D eigenvalue weighted by Gasteiger charge is -2.10. The van der Waals surface area contributed by atoms with Crippen molar-refractivity contribution in [1.29, 1.82) is 0 Å². The molecule has 7 nitrogen and oxygen atoms in total.